The molecule has 1 amide bonds. The zero-order valence-corrected chi connectivity index (χ0v) is 10.3. The van der Waals surface area contributed by atoms with Gasteiger partial charge in [0.2, 0.25) is 0 Å². The van der Waals surface area contributed by atoms with E-state index < -0.39 is 0 Å². The molecule has 1 fully saturated rings. The molecule has 0 aromatic carbocycles. The van der Waals surface area contributed by atoms with Gasteiger partial charge in [-0.3, -0.25) is 4.98 Å². The van der Waals surface area contributed by atoms with Gasteiger partial charge in [-0.05, 0) is 13.3 Å². The molecule has 2 heterocycles. The van der Waals surface area contributed by atoms with E-state index in [0.29, 0.717) is 18.8 Å². The van der Waals surface area contributed by atoms with Crippen LogP contribution >= 0.6 is 0 Å². The predicted molar refractivity (Wildman–Crippen MR) is 66.9 cm³/mol. The number of nitrogens with zero attached hydrogens (tertiary/aromatic N) is 3. The van der Waals surface area contributed by atoms with Crippen molar-refractivity contribution in [3.63, 3.8) is 0 Å². The Labute approximate surface area is 106 Å². The second kappa shape index (κ2) is 5.48. The molecule has 0 saturated carbocycles. The van der Waals surface area contributed by atoms with Gasteiger partial charge in [0.05, 0.1) is 12.0 Å². The molecular formula is C12H16N4O2. The highest BCUT2D eigenvalue weighted by Crippen LogP contribution is 2.15. The first-order chi connectivity index (χ1) is 8.65. The molecule has 1 aliphatic rings. The van der Waals surface area contributed by atoms with Crippen LogP contribution in [0.1, 0.15) is 13.3 Å². The van der Waals surface area contributed by atoms with Crippen LogP contribution in [-0.2, 0) is 4.74 Å². The van der Waals surface area contributed by atoms with E-state index in [9.17, 15) is 4.79 Å². The van der Waals surface area contributed by atoms with Gasteiger partial charge in [-0.15, -0.1) is 0 Å². The molecule has 1 aromatic rings. The molecule has 0 spiro atoms. The second-order valence-corrected chi connectivity index (χ2v) is 4.24. The monoisotopic (exact) mass is 248 g/mol. The second-order valence-electron chi connectivity index (χ2n) is 4.24. The van der Waals surface area contributed by atoms with E-state index in [-0.39, 0.29) is 12.1 Å². The topological polar surface area (TPSA) is 67.3 Å². The number of rotatable bonds is 3. The summed E-state index contributed by atoms with van der Waals surface area (Å²) in [7, 11) is 0. The molecule has 1 atom stereocenters. The van der Waals surface area contributed by atoms with E-state index in [4.69, 9.17) is 4.74 Å². The molecule has 18 heavy (non-hydrogen) atoms. The van der Waals surface area contributed by atoms with E-state index in [1.807, 2.05) is 0 Å². The standard InChI is InChI=1S/C12H16N4O2/c1-9(2)18-12(17)16-6-3-10(8-16)15-11-7-13-4-5-14-11/h4-5,7,10H,1,3,6,8H2,2H3,(H,14,15)/t10-/m1/s1. The van der Waals surface area contributed by atoms with Crippen LogP contribution in [0.25, 0.3) is 0 Å². The van der Waals surface area contributed by atoms with Gasteiger partial charge in [0, 0.05) is 31.5 Å². The van der Waals surface area contributed by atoms with Gasteiger partial charge in [-0.25, -0.2) is 9.78 Å². The SMILES string of the molecule is C=C(C)OC(=O)N1CC[C@@H](Nc2cnccn2)C1. The fourth-order valence-electron chi connectivity index (χ4n) is 1.84. The van der Waals surface area contributed by atoms with E-state index in [2.05, 4.69) is 21.9 Å². The minimum atomic E-state index is -0.342. The first kappa shape index (κ1) is 12.3. The van der Waals surface area contributed by atoms with Crippen molar-refractivity contribution in [2.24, 2.45) is 0 Å². The molecule has 6 heteroatoms. The van der Waals surface area contributed by atoms with Crippen LogP contribution in [0.5, 0.6) is 0 Å². The maximum absolute atomic E-state index is 11.6. The summed E-state index contributed by atoms with van der Waals surface area (Å²) in [5.74, 6) is 1.13. The zero-order chi connectivity index (χ0) is 13.0. The molecule has 0 bridgehead atoms. The Bertz CT molecular complexity index is 435. The Balaban J connectivity index is 1.85. The van der Waals surface area contributed by atoms with Crippen LogP contribution in [-0.4, -0.2) is 40.1 Å². The summed E-state index contributed by atoms with van der Waals surface area (Å²) in [6.07, 6.45) is 5.43. The number of amides is 1. The summed E-state index contributed by atoms with van der Waals surface area (Å²) < 4.78 is 4.97. The minimum absolute atomic E-state index is 0.180. The van der Waals surface area contributed by atoms with E-state index in [1.54, 1.807) is 30.4 Å². The normalized spacial score (nSPS) is 18.5. The number of likely N-dealkylation sites (tertiary alicyclic amines) is 1. The molecule has 1 saturated heterocycles. The average molecular weight is 248 g/mol. The number of aromatic nitrogens is 2. The van der Waals surface area contributed by atoms with Crippen molar-refractivity contribution in [3.05, 3.63) is 30.9 Å². The van der Waals surface area contributed by atoms with E-state index in [1.165, 1.54) is 0 Å². The number of carbonyl (C=O) groups excluding carboxylic acids is 1. The van der Waals surface area contributed by atoms with Gasteiger partial charge in [0.25, 0.3) is 0 Å². The van der Waals surface area contributed by atoms with Gasteiger partial charge in [0.1, 0.15) is 5.82 Å². The summed E-state index contributed by atoms with van der Waals surface area (Å²) in [6.45, 7) is 6.48. The lowest BCUT2D eigenvalue weighted by atomic mass is 10.3. The number of allylic oxidation sites excluding steroid dienone is 1. The van der Waals surface area contributed by atoms with Crippen molar-refractivity contribution < 1.29 is 9.53 Å². The summed E-state index contributed by atoms with van der Waals surface area (Å²) in [6, 6.07) is 0.180. The van der Waals surface area contributed by atoms with Crippen LogP contribution in [0.3, 0.4) is 0 Å². The number of hydrogen-bond acceptors (Lipinski definition) is 5. The third-order valence-corrected chi connectivity index (χ3v) is 2.62. The fraction of sp³-hybridized carbons (Fsp3) is 0.417. The van der Waals surface area contributed by atoms with Crippen molar-refractivity contribution in [1.29, 1.82) is 0 Å². The Morgan fingerprint density at radius 3 is 3.11 bits per heavy atom. The molecule has 1 aliphatic heterocycles. The number of carbonyl (C=O) groups is 1. The summed E-state index contributed by atoms with van der Waals surface area (Å²) in [5, 5.41) is 3.23. The number of anilines is 1. The maximum atomic E-state index is 11.6. The van der Waals surface area contributed by atoms with Gasteiger partial charge in [-0.2, -0.15) is 0 Å². The van der Waals surface area contributed by atoms with E-state index in [0.717, 1.165) is 12.2 Å². The molecule has 96 valence electrons. The Kier molecular flexibility index (Phi) is 3.76. The lowest BCUT2D eigenvalue weighted by Gasteiger charge is -2.16. The summed E-state index contributed by atoms with van der Waals surface area (Å²) in [4.78, 5) is 21.4. The quantitative estimate of drug-likeness (QED) is 0.823. The molecular weight excluding hydrogens is 232 g/mol. The predicted octanol–water partition coefficient (Wildman–Crippen LogP) is 1.63. The molecule has 1 N–H and O–H groups in total. The van der Waals surface area contributed by atoms with Crippen LogP contribution in [0.2, 0.25) is 0 Å². The van der Waals surface area contributed by atoms with Gasteiger partial charge in [-0.1, -0.05) is 6.58 Å². The van der Waals surface area contributed by atoms with Crippen molar-refractivity contribution >= 4 is 11.9 Å². The Morgan fingerprint density at radius 1 is 1.61 bits per heavy atom. The molecule has 0 unspecified atom stereocenters. The highest BCUT2D eigenvalue weighted by Gasteiger charge is 2.27. The van der Waals surface area contributed by atoms with Crippen molar-refractivity contribution in [2.75, 3.05) is 18.4 Å². The third kappa shape index (κ3) is 3.19. The maximum Gasteiger partial charge on any atom is 0.414 e. The lowest BCUT2D eigenvalue weighted by molar-refractivity contribution is 0.138. The van der Waals surface area contributed by atoms with Crippen molar-refractivity contribution in [3.8, 4) is 0 Å². The smallest absolute Gasteiger partial charge is 0.414 e. The first-order valence-electron chi connectivity index (χ1n) is 5.80. The fourth-order valence-corrected chi connectivity index (χ4v) is 1.84. The van der Waals surface area contributed by atoms with Crippen molar-refractivity contribution in [1.82, 2.24) is 14.9 Å². The Morgan fingerprint density at radius 2 is 2.44 bits per heavy atom. The minimum Gasteiger partial charge on any atom is -0.416 e. The number of nitrogens with one attached hydrogen (secondary N) is 1. The first-order valence-corrected chi connectivity index (χ1v) is 5.80. The Hall–Kier alpha value is -2.11. The molecule has 0 aliphatic carbocycles. The molecule has 0 radical (unpaired) electrons. The van der Waals surface area contributed by atoms with Crippen molar-refractivity contribution in [2.45, 2.75) is 19.4 Å². The number of ether oxygens (including phenoxy) is 1. The highest BCUT2D eigenvalue weighted by atomic mass is 16.6. The van der Waals surface area contributed by atoms with Crippen LogP contribution in [0.15, 0.2) is 30.9 Å². The lowest BCUT2D eigenvalue weighted by Crippen LogP contribution is -2.31. The molecule has 1 aromatic heterocycles. The average Bonchev–Trinajstić information content (AvgIpc) is 2.78. The highest BCUT2D eigenvalue weighted by molar-refractivity contribution is 5.69. The van der Waals surface area contributed by atoms with Crippen LogP contribution < -0.4 is 5.32 Å². The van der Waals surface area contributed by atoms with E-state index >= 15 is 0 Å². The van der Waals surface area contributed by atoms with Gasteiger partial charge < -0.3 is 15.0 Å². The van der Waals surface area contributed by atoms with Crippen LogP contribution in [0.4, 0.5) is 10.6 Å². The number of hydrogen-bond donors (Lipinski definition) is 1. The third-order valence-electron chi connectivity index (χ3n) is 2.62. The van der Waals surface area contributed by atoms with Gasteiger partial charge >= 0.3 is 6.09 Å². The zero-order valence-electron chi connectivity index (χ0n) is 10.3. The summed E-state index contributed by atoms with van der Waals surface area (Å²) >= 11 is 0. The molecule has 6 nitrogen and oxygen atoms in total. The molecule has 2 rings (SSSR count). The van der Waals surface area contributed by atoms with Gasteiger partial charge in [0.15, 0.2) is 0 Å². The largest absolute Gasteiger partial charge is 0.416 e. The summed E-state index contributed by atoms with van der Waals surface area (Å²) in [5.41, 5.74) is 0. The van der Waals surface area contributed by atoms with Crippen LogP contribution in [0, 0.1) is 0 Å².